The normalized spacial score (nSPS) is 20.2. The molecule has 0 N–H and O–H groups in total. The lowest BCUT2D eigenvalue weighted by Gasteiger charge is -2.55. The maximum Gasteiger partial charge on any atom is 0.410 e. The lowest BCUT2D eigenvalue weighted by Crippen LogP contribution is -2.72. The highest BCUT2D eigenvalue weighted by molar-refractivity contribution is 5.94. The third-order valence-electron chi connectivity index (χ3n) is 4.92. The number of likely N-dealkylation sites (tertiary alicyclic amines) is 2. The molecule has 1 aromatic rings. The van der Waals surface area contributed by atoms with Crippen LogP contribution >= 0.6 is 0 Å². The molecule has 25 heavy (non-hydrogen) atoms. The van der Waals surface area contributed by atoms with Gasteiger partial charge in [0.25, 0.3) is 5.91 Å². The van der Waals surface area contributed by atoms with Gasteiger partial charge in [-0.3, -0.25) is 9.48 Å². The van der Waals surface area contributed by atoms with Crippen LogP contribution in [0.25, 0.3) is 0 Å². The molecule has 0 aromatic carbocycles. The van der Waals surface area contributed by atoms with Crippen molar-refractivity contribution in [3.8, 4) is 0 Å². The first-order valence-electron chi connectivity index (χ1n) is 8.99. The van der Waals surface area contributed by atoms with E-state index in [9.17, 15) is 9.59 Å². The molecule has 7 nitrogen and oxygen atoms in total. The molecule has 0 saturated carbocycles. The van der Waals surface area contributed by atoms with E-state index in [-0.39, 0.29) is 17.5 Å². The van der Waals surface area contributed by atoms with Gasteiger partial charge in [-0.1, -0.05) is 12.8 Å². The van der Waals surface area contributed by atoms with Crippen LogP contribution in [0, 0.1) is 0 Å². The van der Waals surface area contributed by atoms with Gasteiger partial charge in [-0.05, 0) is 33.6 Å². The molecule has 0 aliphatic carbocycles. The Balaban J connectivity index is 1.74. The molecule has 1 aromatic heterocycles. The van der Waals surface area contributed by atoms with Gasteiger partial charge < -0.3 is 14.5 Å². The van der Waals surface area contributed by atoms with E-state index in [1.807, 2.05) is 32.7 Å². The van der Waals surface area contributed by atoms with Crippen LogP contribution in [0.3, 0.4) is 0 Å². The summed E-state index contributed by atoms with van der Waals surface area (Å²) in [5, 5.41) is 4.12. The summed E-state index contributed by atoms with van der Waals surface area (Å²) in [4.78, 5) is 29.0. The molecule has 7 heteroatoms. The second-order valence-electron chi connectivity index (χ2n) is 8.23. The van der Waals surface area contributed by atoms with Crippen molar-refractivity contribution in [1.82, 2.24) is 19.6 Å². The zero-order valence-electron chi connectivity index (χ0n) is 15.6. The summed E-state index contributed by atoms with van der Waals surface area (Å²) < 4.78 is 7.11. The van der Waals surface area contributed by atoms with Crippen molar-refractivity contribution >= 4 is 12.0 Å². The predicted octanol–water partition coefficient (Wildman–Crippen LogP) is 2.43. The van der Waals surface area contributed by atoms with Gasteiger partial charge in [0.1, 0.15) is 5.60 Å². The van der Waals surface area contributed by atoms with E-state index in [0.29, 0.717) is 18.7 Å². The number of ether oxygens (including phenoxy) is 1. The minimum Gasteiger partial charge on any atom is -0.444 e. The molecule has 3 heterocycles. The van der Waals surface area contributed by atoms with Crippen LogP contribution in [0.15, 0.2) is 12.4 Å². The van der Waals surface area contributed by atoms with Gasteiger partial charge >= 0.3 is 6.09 Å². The quantitative estimate of drug-likeness (QED) is 0.782. The number of aryl methyl sites for hydroxylation is 1. The van der Waals surface area contributed by atoms with Crippen molar-refractivity contribution in [2.75, 3.05) is 19.6 Å². The van der Waals surface area contributed by atoms with Gasteiger partial charge in [0.2, 0.25) is 0 Å². The molecule has 2 aliphatic rings. The van der Waals surface area contributed by atoms with Gasteiger partial charge in [-0.2, -0.15) is 5.10 Å². The molecule has 2 aliphatic heterocycles. The summed E-state index contributed by atoms with van der Waals surface area (Å²) in [7, 11) is 1.81. The highest BCUT2D eigenvalue weighted by Crippen LogP contribution is 2.37. The predicted molar refractivity (Wildman–Crippen MR) is 93.3 cm³/mol. The molecule has 3 rings (SSSR count). The lowest BCUT2D eigenvalue weighted by molar-refractivity contribution is -0.0548. The van der Waals surface area contributed by atoms with Crippen molar-refractivity contribution in [3.63, 3.8) is 0 Å². The number of rotatable bonds is 1. The highest BCUT2D eigenvalue weighted by atomic mass is 16.6. The average Bonchev–Trinajstić information content (AvgIpc) is 2.78. The second-order valence-corrected chi connectivity index (χ2v) is 8.23. The van der Waals surface area contributed by atoms with Crippen molar-refractivity contribution in [3.05, 3.63) is 18.0 Å². The molecule has 2 saturated heterocycles. The molecular weight excluding hydrogens is 320 g/mol. The molecule has 0 atom stereocenters. The van der Waals surface area contributed by atoms with E-state index in [4.69, 9.17) is 4.74 Å². The molecule has 1 spiro atoms. The van der Waals surface area contributed by atoms with Crippen LogP contribution in [-0.2, 0) is 11.8 Å². The van der Waals surface area contributed by atoms with Crippen LogP contribution in [-0.4, -0.2) is 62.4 Å². The number of nitrogens with zero attached hydrogens (tertiary/aromatic N) is 4. The summed E-state index contributed by atoms with van der Waals surface area (Å²) in [5.41, 5.74) is -0.158. The summed E-state index contributed by atoms with van der Waals surface area (Å²) in [5.74, 6) is 0.0128. The molecule has 2 fully saturated rings. The van der Waals surface area contributed by atoms with Crippen LogP contribution in [0.5, 0.6) is 0 Å². The van der Waals surface area contributed by atoms with E-state index in [1.54, 1.807) is 22.0 Å². The minimum atomic E-state index is -0.505. The first-order valence-corrected chi connectivity index (χ1v) is 8.99. The monoisotopic (exact) mass is 348 g/mol. The summed E-state index contributed by atoms with van der Waals surface area (Å²) >= 11 is 0. The van der Waals surface area contributed by atoms with E-state index in [2.05, 4.69) is 5.10 Å². The Hall–Kier alpha value is -2.05. The minimum absolute atomic E-state index is 0.0128. The Morgan fingerprint density at radius 1 is 1.20 bits per heavy atom. The number of carbonyl (C=O) groups is 2. The standard InChI is InChI=1S/C18H28N4O3/c1-17(2,3)25-16(24)21-12-18(13-21)8-6-5-7-9-22(18)15(23)14-10-19-20(4)11-14/h10-11H,5-9,12-13H2,1-4H3. The highest BCUT2D eigenvalue weighted by Gasteiger charge is 2.52. The van der Waals surface area contributed by atoms with Crippen LogP contribution in [0.1, 0.15) is 56.8 Å². The molecule has 2 amide bonds. The first-order chi connectivity index (χ1) is 11.7. The van der Waals surface area contributed by atoms with Crippen LogP contribution < -0.4 is 0 Å². The van der Waals surface area contributed by atoms with Crippen LogP contribution in [0.4, 0.5) is 4.79 Å². The third kappa shape index (κ3) is 3.65. The van der Waals surface area contributed by atoms with E-state index in [1.165, 1.54) is 0 Å². The zero-order valence-corrected chi connectivity index (χ0v) is 15.6. The van der Waals surface area contributed by atoms with Crippen molar-refractivity contribution in [2.24, 2.45) is 7.05 Å². The maximum absolute atomic E-state index is 13.0. The fourth-order valence-corrected chi connectivity index (χ4v) is 3.73. The van der Waals surface area contributed by atoms with E-state index >= 15 is 0 Å². The SMILES string of the molecule is Cn1cc(C(=O)N2CCCCCC23CN(C(=O)OC(C)(C)C)C3)cn1. The Morgan fingerprint density at radius 2 is 1.92 bits per heavy atom. The summed E-state index contributed by atoms with van der Waals surface area (Å²) in [6.45, 7) is 7.43. The zero-order chi connectivity index (χ0) is 18.2. The number of carbonyl (C=O) groups excluding carboxylic acids is 2. The van der Waals surface area contributed by atoms with Gasteiger partial charge in [-0.25, -0.2) is 4.79 Å². The van der Waals surface area contributed by atoms with Gasteiger partial charge in [0.05, 0.1) is 17.3 Å². The Morgan fingerprint density at radius 3 is 2.52 bits per heavy atom. The maximum atomic E-state index is 13.0. The fraction of sp³-hybridized carbons (Fsp3) is 0.722. The number of hydrogen-bond acceptors (Lipinski definition) is 4. The number of aromatic nitrogens is 2. The second kappa shape index (κ2) is 6.35. The lowest BCUT2D eigenvalue weighted by atomic mass is 9.83. The smallest absolute Gasteiger partial charge is 0.410 e. The van der Waals surface area contributed by atoms with Gasteiger partial charge in [0, 0.05) is 32.9 Å². The molecular formula is C18H28N4O3. The van der Waals surface area contributed by atoms with E-state index < -0.39 is 5.60 Å². The van der Waals surface area contributed by atoms with Crippen molar-refractivity contribution in [2.45, 2.75) is 57.6 Å². The Kier molecular flexibility index (Phi) is 4.51. The largest absolute Gasteiger partial charge is 0.444 e. The van der Waals surface area contributed by atoms with Gasteiger partial charge in [0.15, 0.2) is 0 Å². The molecule has 138 valence electrons. The Bertz CT molecular complexity index is 656. The first kappa shape index (κ1) is 17.8. The fourth-order valence-electron chi connectivity index (χ4n) is 3.73. The molecule has 0 bridgehead atoms. The average molecular weight is 348 g/mol. The third-order valence-corrected chi connectivity index (χ3v) is 4.92. The number of amides is 2. The van der Waals surface area contributed by atoms with E-state index in [0.717, 1.165) is 32.2 Å². The molecule has 0 unspecified atom stereocenters. The topological polar surface area (TPSA) is 67.7 Å². The molecule has 0 radical (unpaired) electrons. The number of hydrogen-bond donors (Lipinski definition) is 0. The summed E-state index contributed by atoms with van der Waals surface area (Å²) in [6.07, 6.45) is 7.20. The Labute approximate surface area is 148 Å². The van der Waals surface area contributed by atoms with Crippen LogP contribution in [0.2, 0.25) is 0 Å². The van der Waals surface area contributed by atoms with Crippen molar-refractivity contribution in [1.29, 1.82) is 0 Å². The summed E-state index contributed by atoms with van der Waals surface area (Å²) in [6, 6.07) is 0. The van der Waals surface area contributed by atoms with Gasteiger partial charge in [-0.15, -0.1) is 0 Å². The van der Waals surface area contributed by atoms with Crippen molar-refractivity contribution < 1.29 is 14.3 Å².